The minimum atomic E-state index is -0.104. The average Bonchev–Trinajstić information content (AvgIpc) is 2.17. The number of likely N-dealkylation sites (N-methyl/N-ethyl adjacent to an activating group) is 1. The van der Waals surface area contributed by atoms with Crippen LogP contribution in [0.15, 0.2) is 30.3 Å². The van der Waals surface area contributed by atoms with E-state index in [0.717, 1.165) is 5.56 Å². The maximum absolute atomic E-state index is 11.5. The number of hydrogen-bond acceptors (Lipinski definition) is 2. The molecule has 1 N–H and O–H groups in total. The van der Waals surface area contributed by atoms with Gasteiger partial charge in [-0.25, -0.2) is 0 Å². The Hall–Kier alpha value is -0.860. The average molecular weight is 200 g/mol. The van der Waals surface area contributed by atoms with Gasteiger partial charge in [0.2, 0.25) is 0 Å². The lowest BCUT2D eigenvalue weighted by atomic mass is 10.1. The highest BCUT2D eigenvalue weighted by Gasteiger charge is 2.11. The Bertz CT molecular complexity index is 261. The van der Waals surface area contributed by atoms with Crippen LogP contribution in [0.3, 0.4) is 0 Å². The number of halogens is 1. The third kappa shape index (κ3) is 3.17. The van der Waals surface area contributed by atoms with E-state index in [1.54, 1.807) is 7.05 Å². The van der Waals surface area contributed by atoms with Gasteiger partial charge in [-0.3, -0.25) is 4.79 Å². The van der Waals surface area contributed by atoms with Gasteiger partial charge in [0.05, 0.1) is 6.04 Å². The lowest BCUT2D eigenvalue weighted by Crippen LogP contribution is -2.30. The van der Waals surface area contributed by atoms with Crippen LogP contribution in [0.25, 0.3) is 0 Å². The third-order valence-corrected chi connectivity index (χ3v) is 1.88. The second-order valence-electron chi connectivity index (χ2n) is 2.74. The first-order valence-corrected chi connectivity index (χ1v) is 4.02. The van der Waals surface area contributed by atoms with Crippen LogP contribution in [0.4, 0.5) is 0 Å². The third-order valence-electron chi connectivity index (χ3n) is 1.88. The fourth-order valence-electron chi connectivity index (χ4n) is 0.984. The van der Waals surface area contributed by atoms with Crippen molar-refractivity contribution in [3.8, 4) is 0 Å². The molecule has 0 heterocycles. The molecule has 0 aromatic heterocycles. The molecule has 2 nitrogen and oxygen atoms in total. The van der Waals surface area contributed by atoms with Crippen LogP contribution < -0.4 is 5.32 Å². The lowest BCUT2D eigenvalue weighted by Gasteiger charge is -2.07. The molecule has 1 aromatic carbocycles. The SMILES string of the molecule is CN[C@H](C)C(=O)c1ccccc1.Cl. The van der Waals surface area contributed by atoms with Crippen molar-refractivity contribution in [3.05, 3.63) is 35.9 Å². The van der Waals surface area contributed by atoms with Gasteiger partial charge in [-0.1, -0.05) is 30.3 Å². The van der Waals surface area contributed by atoms with Crippen LogP contribution >= 0.6 is 12.4 Å². The Balaban J connectivity index is 0.00000144. The summed E-state index contributed by atoms with van der Waals surface area (Å²) < 4.78 is 0. The summed E-state index contributed by atoms with van der Waals surface area (Å²) in [5.74, 6) is 0.137. The minimum Gasteiger partial charge on any atom is -0.310 e. The maximum atomic E-state index is 11.5. The molecule has 0 saturated heterocycles. The molecule has 1 rings (SSSR count). The Labute approximate surface area is 84.8 Å². The summed E-state index contributed by atoms with van der Waals surface area (Å²) in [6, 6.07) is 9.20. The first-order chi connectivity index (χ1) is 5.75. The molecule has 0 aliphatic rings. The van der Waals surface area contributed by atoms with Crippen molar-refractivity contribution in [2.24, 2.45) is 0 Å². The van der Waals surface area contributed by atoms with Gasteiger partial charge in [0, 0.05) is 5.56 Å². The monoisotopic (exact) mass is 199 g/mol. The summed E-state index contributed by atoms with van der Waals surface area (Å²) in [7, 11) is 1.78. The smallest absolute Gasteiger partial charge is 0.179 e. The fraction of sp³-hybridized carbons (Fsp3) is 0.300. The molecule has 0 spiro atoms. The van der Waals surface area contributed by atoms with Crippen molar-refractivity contribution in [1.82, 2.24) is 5.32 Å². The first-order valence-electron chi connectivity index (χ1n) is 4.02. The highest BCUT2D eigenvalue weighted by molar-refractivity contribution is 5.99. The summed E-state index contributed by atoms with van der Waals surface area (Å²) in [5, 5.41) is 2.91. The van der Waals surface area contributed by atoms with Gasteiger partial charge in [-0.2, -0.15) is 0 Å². The van der Waals surface area contributed by atoms with E-state index in [4.69, 9.17) is 0 Å². The van der Waals surface area contributed by atoms with Gasteiger partial charge < -0.3 is 5.32 Å². The maximum Gasteiger partial charge on any atom is 0.179 e. The topological polar surface area (TPSA) is 29.1 Å². The normalized spacial score (nSPS) is 11.5. The molecule has 0 amide bonds. The quantitative estimate of drug-likeness (QED) is 0.754. The van der Waals surface area contributed by atoms with Crippen molar-refractivity contribution in [2.45, 2.75) is 13.0 Å². The summed E-state index contributed by atoms with van der Waals surface area (Å²) in [6.45, 7) is 1.86. The van der Waals surface area contributed by atoms with Crippen molar-refractivity contribution in [3.63, 3.8) is 0 Å². The zero-order chi connectivity index (χ0) is 8.97. The van der Waals surface area contributed by atoms with E-state index in [1.807, 2.05) is 37.3 Å². The van der Waals surface area contributed by atoms with Gasteiger partial charge in [0.1, 0.15) is 0 Å². The molecule has 0 bridgehead atoms. The number of hydrogen-bond donors (Lipinski definition) is 1. The molecular weight excluding hydrogens is 186 g/mol. The minimum absolute atomic E-state index is 0. The number of carbonyl (C=O) groups is 1. The Kier molecular flexibility index (Phi) is 5.35. The Morgan fingerprint density at radius 1 is 1.31 bits per heavy atom. The molecule has 3 heteroatoms. The van der Waals surface area contributed by atoms with Gasteiger partial charge in [0.15, 0.2) is 5.78 Å². The predicted octanol–water partition coefficient (Wildman–Crippen LogP) is 1.90. The van der Waals surface area contributed by atoms with Gasteiger partial charge in [0.25, 0.3) is 0 Å². The van der Waals surface area contributed by atoms with E-state index in [1.165, 1.54) is 0 Å². The molecule has 1 aromatic rings. The Morgan fingerprint density at radius 3 is 2.31 bits per heavy atom. The highest BCUT2D eigenvalue weighted by atomic mass is 35.5. The van der Waals surface area contributed by atoms with Crippen molar-refractivity contribution >= 4 is 18.2 Å². The van der Waals surface area contributed by atoms with Gasteiger partial charge in [-0.15, -0.1) is 12.4 Å². The largest absolute Gasteiger partial charge is 0.310 e. The van der Waals surface area contributed by atoms with Gasteiger partial charge in [-0.05, 0) is 14.0 Å². The summed E-state index contributed by atoms with van der Waals surface area (Å²) in [6.07, 6.45) is 0. The van der Waals surface area contributed by atoms with E-state index in [-0.39, 0.29) is 24.2 Å². The number of rotatable bonds is 3. The number of carbonyl (C=O) groups excluding carboxylic acids is 1. The summed E-state index contributed by atoms with van der Waals surface area (Å²) >= 11 is 0. The molecule has 1 atom stereocenters. The van der Waals surface area contributed by atoms with E-state index < -0.39 is 0 Å². The number of benzene rings is 1. The predicted molar refractivity (Wildman–Crippen MR) is 56.5 cm³/mol. The Morgan fingerprint density at radius 2 is 1.85 bits per heavy atom. The summed E-state index contributed by atoms with van der Waals surface area (Å²) in [5.41, 5.74) is 0.763. The van der Waals surface area contributed by atoms with Gasteiger partial charge >= 0.3 is 0 Å². The zero-order valence-electron chi connectivity index (χ0n) is 7.78. The first kappa shape index (κ1) is 12.1. The van der Waals surface area contributed by atoms with E-state index in [9.17, 15) is 4.79 Å². The van der Waals surface area contributed by atoms with E-state index in [2.05, 4.69) is 5.32 Å². The second-order valence-corrected chi connectivity index (χ2v) is 2.74. The number of Topliss-reactive ketones (excluding diaryl/α,β-unsaturated/α-hetero) is 1. The van der Waals surface area contributed by atoms with Crippen LogP contribution in [0.1, 0.15) is 17.3 Å². The van der Waals surface area contributed by atoms with E-state index in [0.29, 0.717) is 0 Å². The van der Waals surface area contributed by atoms with Crippen molar-refractivity contribution < 1.29 is 4.79 Å². The molecule has 13 heavy (non-hydrogen) atoms. The van der Waals surface area contributed by atoms with Crippen molar-refractivity contribution in [2.75, 3.05) is 7.05 Å². The molecular formula is C10H14ClNO. The van der Waals surface area contributed by atoms with Crippen LogP contribution in [0.2, 0.25) is 0 Å². The van der Waals surface area contributed by atoms with Crippen LogP contribution in [0, 0.1) is 0 Å². The highest BCUT2D eigenvalue weighted by Crippen LogP contribution is 2.02. The van der Waals surface area contributed by atoms with Crippen LogP contribution in [-0.4, -0.2) is 18.9 Å². The van der Waals surface area contributed by atoms with E-state index >= 15 is 0 Å². The lowest BCUT2D eigenvalue weighted by molar-refractivity contribution is 0.0955. The van der Waals surface area contributed by atoms with Crippen molar-refractivity contribution in [1.29, 1.82) is 0 Å². The molecule has 72 valence electrons. The molecule has 0 fully saturated rings. The standard InChI is InChI=1S/C10H13NO.ClH/c1-8(11-2)10(12)9-6-4-3-5-7-9;/h3-8,11H,1-2H3;1H/t8-;/m1./s1. The molecule has 0 radical (unpaired) electrons. The molecule has 0 aliphatic heterocycles. The van der Waals surface area contributed by atoms with Crippen LogP contribution in [-0.2, 0) is 0 Å². The second kappa shape index (κ2) is 5.73. The zero-order valence-corrected chi connectivity index (χ0v) is 8.60. The fourth-order valence-corrected chi connectivity index (χ4v) is 0.984. The summed E-state index contributed by atoms with van der Waals surface area (Å²) in [4.78, 5) is 11.5. The molecule has 0 saturated carbocycles. The molecule has 0 aliphatic carbocycles. The van der Waals surface area contributed by atoms with Crippen LogP contribution in [0.5, 0.6) is 0 Å². The molecule has 0 unspecified atom stereocenters. The number of ketones is 1. The number of nitrogens with one attached hydrogen (secondary N) is 1.